The summed E-state index contributed by atoms with van der Waals surface area (Å²) in [5, 5.41) is 11.3. The highest BCUT2D eigenvalue weighted by Crippen LogP contribution is 2.76. The van der Waals surface area contributed by atoms with Crippen LogP contribution in [0.1, 0.15) is 47.5 Å². The largest absolute Gasteiger partial charge is 0.463 e. The van der Waals surface area contributed by atoms with Gasteiger partial charge in [0.2, 0.25) is 11.9 Å². The van der Waals surface area contributed by atoms with Crippen LogP contribution in [0.5, 0.6) is 0 Å². The third-order valence-corrected chi connectivity index (χ3v) is 8.11. The van der Waals surface area contributed by atoms with Gasteiger partial charge < -0.3 is 24.1 Å². The zero-order chi connectivity index (χ0) is 21.1. The smallest absolute Gasteiger partial charge is 0.343 e. The molecule has 1 N–H and O–H groups in total. The van der Waals surface area contributed by atoms with E-state index in [0.29, 0.717) is 17.6 Å². The first-order valence-electron chi connectivity index (χ1n) is 10.1. The van der Waals surface area contributed by atoms with Crippen LogP contribution in [0.3, 0.4) is 0 Å². The summed E-state index contributed by atoms with van der Waals surface area (Å²) < 4.78 is 23.0. The van der Waals surface area contributed by atoms with Gasteiger partial charge >= 0.3 is 17.9 Å². The summed E-state index contributed by atoms with van der Waals surface area (Å²) in [5.41, 5.74) is -3.46. The molecule has 4 fully saturated rings. The third kappa shape index (κ3) is 1.78. The number of hydrogen-bond acceptors (Lipinski definition) is 8. The number of carbonyl (C=O) groups excluding carboxylic acids is 3. The normalized spacial score (nSPS) is 48.4. The molecule has 4 heterocycles. The van der Waals surface area contributed by atoms with Crippen molar-refractivity contribution in [3.8, 4) is 0 Å². The lowest BCUT2D eigenvalue weighted by atomic mass is 9.47. The zero-order valence-corrected chi connectivity index (χ0v) is 17.2. The summed E-state index contributed by atoms with van der Waals surface area (Å²) in [6, 6.07) is 0. The van der Waals surface area contributed by atoms with Gasteiger partial charge in [0.15, 0.2) is 6.10 Å². The van der Waals surface area contributed by atoms with E-state index in [1.54, 1.807) is 6.92 Å². The van der Waals surface area contributed by atoms with Gasteiger partial charge in [-0.1, -0.05) is 27.7 Å². The number of carbonyl (C=O) groups is 3. The lowest BCUT2D eigenvalue weighted by Gasteiger charge is -2.53. The van der Waals surface area contributed by atoms with Crippen LogP contribution in [0.2, 0.25) is 0 Å². The lowest BCUT2D eigenvalue weighted by Crippen LogP contribution is -2.63. The molecule has 0 aromatic rings. The van der Waals surface area contributed by atoms with Crippen molar-refractivity contribution in [1.29, 1.82) is 0 Å². The second-order valence-corrected chi connectivity index (χ2v) is 10.2. The maximum atomic E-state index is 13.4. The van der Waals surface area contributed by atoms with Gasteiger partial charge in [0.1, 0.15) is 6.10 Å². The van der Waals surface area contributed by atoms with Crippen molar-refractivity contribution in [1.82, 2.24) is 0 Å². The van der Waals surface area contributed by atoms with Crippen LogP contribution in [0.15, 0.2) is 11.1 Å². The van der Waals surface area contributed by atoms with Gasteiger partial charge in [0.05, 0.1) is 12.0 Å². The van der Waals surface area contributed by atoms with E-state index in [1.165, 1.54) is 0 Å². The molecule has 1 saturated carbocycles. The van der Waals surface area contributed by atoms with Crippen LogP contribution in [0.25, 0.3) is 0 Å². The molecule has 2 unspecified atom stereocenters. The molecular weight excluding hydrogens is 380 g/mol. The summed E-state index contributed by atoms with van der Waals surface area (Å²) in [4.78, 5) is 38.3. The number of cyclic esters (lactones) is 1. The van der Waals surface area contributed by atoms with Gasteiger partial charge in [-0.2, -0.15) is 0 Å². The fourth-order valence-corrected chi connectivity index (χ4v) is 7.07. The van der Waals surface area contributed by atoms with Crippen molar-refractivity contribution in [2.45, 2.75) is 71.6 Å². The first-order chi connectivity index (χ1) is 13.4. The molecule has 5 rings (SSSR count). The Balaban J connectivity index is 1.85. The van der Waals surface area contributed by atoms with E-state index in [1.807, 2.05) is 27.7 Å². The second kappa shape index (κ2) is 5.21. The van der Waals surface area contributed by atoms with Crippen LogP contribution in [0, 0.1) is 22.2 Å². The van der Waals surface area contributed by atoms with Crippen molar-refractivity contribution in [3.63, 3.8) is 0 Å². The Labute approximate surface area is 168 Å². The van der Waals surface area contributed by atoms with Crippen LogP contribution in [-0.4, -0.2) is 53.7 Å². The minimum atomic E-state index is -1.63. The Morgan fingerprint density at radius 2 is 1.83 bits per heavy atom. The fraction of sp³-hybridized carbons (Fsp3) is 0.762. The summed E-state index contributed by atoms with van der Waals surface area (Å²) in [7, 11) is 0. The Hall–Kier alpha value is -1.93. The summed E-state index contributed by atoms with van der Waals surface area (Å²) in [6.45, 7) is 9.68. The molecule has 29 heavy (non-hydrogen) atoms. The Bertz CT molecular complexity index is 884. The van der Waals surface area contributed by atoms with Gasteiger partial charge in [0.25, 0.3) is 0 Å². The highest BCUT2D eigenvalue weighted by molar-refractivity contribution is 5.98. The number of fused-ring (bicyclic) bond motifs is 1. The number of rotatable bonds is 0. The van der Waals surface area contributed by atoms with E-state index >= 15 is 0 Å². The quantitative estimate of drug-likeness (QED) is 0.473. The predicted octanol–water partition coefficient (Wildman–Crippen LogP) is 1.25. The molecule has 8 nitrogen and oxygen atoms in total. The number of esters is 3. The second-order valence-electron chi connectivity index (χ2n) is 10.2. The summed E-state index contributed by atoms with van der Waals surface area (Å²) in [5.74, 6) is -2.10. The first-order valence-corrected chi connectivity index (χ1v) is 10.1. The van der Waals surface area contributed by atoms with Gasteiger partial charge in [-0.25, -0.2) is 14.4 Å². The molecule has 3 saturated heterocycles. The minimum absolute atomic E-state index is 0.128. The average molecular weight is 406 g/mol. The molecule has 1 aliphatic carbocycles. The molecule has 7 atom stereocenters. The number of hydrogen-bond donors (Lipinski definition) is 1. The first kappa shape index (κ1) is 19.1. The molecule has 8 heteroatoms. The van der Waals surface area contributed by atoms with Crippen molar-refractivity contribution in [2.75, 3.05) is 6.61 Å². The Morgan fingerprint density at radius 1 is 1.14 bits per heavy atom. The summed E-state index contributed by atoms with van der Waals surface area (Å²) >= 11 is 0. The molecule has 158 valence electrons. The molecular formula is C21H26O8. The molecule has 2 bridgehead atoms. The van der Waals surface area contributed by atoms with Gasteiger partial charge in [0, 0.05) is 16.6 Å². The van der Waals surface area contributed by atoms with Gasteiger partial charge in [-0.15, -0.1) is 0 Å². The van der Waals surface area contributed by atoms with Crippen LogP contribution in [-0.2, 0) is 33.3 Å². The Morgan fingerprint density at radius 3 is 2.48 bits per heavy atom. The maximum absolute atomic E-state index is 13.4. The number of aliphatic hydroxyl groups is 1. The lowest BCUT2D eigenvalue weighted by molar-refractivity contribution is -0.196. The maximum Gasteiger partial charge on any atom is 0.343 e. The average Bonchev–Trinajstić information content (AvgIpc) is 3.19. The van der Waals surface area contributed by atoms with Crippen LogP contribution >= 0.6 is 0 Å². The number of ether oxygens (including phenoxy) is 4. The minimum Gasteiger partial charge on any atom is -0.463 e. The van der Waals surface area contributed by atoms with Crippen molar-refractivity contribution in [2.24, 2.45) is 22.2 Å². The van der Waals surface area contributed by atoms with Gasteiger partial charge in [-0.3, -0.25) is 0 Å². The third-order valence-electron chi connectivity index (χ3n) is 8.11. The molecule has 5 aliphatic rings. The molecule has 0 radical (unpaired) electrons. The monoisotopic (exact) mass is 406 g/mol. The molecule has 0 aromatic carbocycles. The zero-order valence-electron chi connectivity index (χ0n) is 17.2. The topological polar surface area (TPSA) is 108 Å². The van der Waals surface area contributed by atoms with Gasteiger partial charge in [-0.05, 0) is 31.1 Å². The van der Waals surface area contributed by atoms with E-state index in [2.05, 4.69) is 0 Å². The van der Waals surface area contributed by atoms with E-state index < -0.39 is 52.8 Å². The van der Waals surface area contributed by atoms with E-state index in [9.17, 15) is 19.5 Å². The fourth-order valence-electron chi connectivity index (χ4n) is 7.07. The Kier molecular flexibility index (Phi) is 3.43. The van der Waals surface area contributed by atoms with Crippen molar-refractivity contribution in [3.05, 3.63) is 11.1 Å². The summed E-state index contributed by atoms with van der Waals surface area (Å²) in [6.07, 6.45) is -2.51. The van der Waals surface area contributed by atoms with E-state index in [0.717, 1.165) is 0 Å². The van der Waals surface area contributed by atoms with Crippen molar-refractivity contribution < 1.29 is 38.4 Å². The SMILES string of the molecule is CC1=C2[C@H](CC3(C)C45[C@@H](OC(=O)[C@@H]4O)O[C@@]23C(=O)OCC[C@H]5C(C)(C)C)OC1=O. The molecule has 1 spiro atoms. The molecule has 4 aliphatic heterocycles. The standard InChI is InChI=1S/C21H26O8/c1-9-12-10(27-14(9)23)8-19(5)20-11(18(2,3)4)6-7-26-16(25)21(12,19)29-17(20)28-15(24)13(20)22/h10-11,13,17,22H,6-8H2,1-5H3/t10-,11-,13-,17-,19?,20?,21+/m0/s1. The molecule has 0 amide bonds. The van der Waals surface area contributed by atoms with Crippen LogP contribution < -0.4 is 0 Å². The molecule has 0 aromatic heterocycles. The van der Waals surface area contributed by atoms with Crippen molar-refractivity contribution >= 4 is 17.9 Å². The highest BCUT2D eigenvalue weighted by Gasteiger charge is 2.88. The van der Waals surface area contributed by atoms with E-state index in [4.69, 9.17) is 18.9 Å². The number of aliphatic hydroxyl groups excluding tert-OH is 1. The van der Waals surface area contributed by atoms with E-state index in [-0.39, 0.29) is 24.4 Å². The predicted molar refractivity (Wildman–Crippen MR) is 96.0 cm³/mol. The van der Waals surface area contributed by atoms with Crippen LogP contribution in [0.4, 0.5) is 0 Å². The highest BCUT2D eigenvalue weighted by atomic mass is 16.7.